The summed E-state index contributed by atoms with van der Waals surface area (Å²) in [5, 5.41) is 15.7. The summed E-state index contributed by atoms with van der Waals surface area (Å²) in [6.45, 7) is 1.83. The Morgan fingerprint density at radius 1 is 1.05 bits per heavy atom. The number of carbonyl (C=O) groups is 2. The summed E-state index contributed by atoms with van der Waals surface area (Å²) >= 11 is 0. The average Bonchev–Trinajstić information content (AvgIpc) is 2.90. The van der Waals surface area contributed by atoms with Crippen LogP contribution in [0.4, 0.5) is 5.95 Å². The van der Waals surface area contributed by atoms with Crippen molar-refractivity contribution in [2.45, 2.75) is 17.9 Å². The molecule has 204 valence electrons. The smallest absolute Gasteiger partial charge is 0.326 e. The Labute approximate surface area is 226 Å². The molecule has 3 aromatic rings. The quantitative estimate of drug-likeness (QED) is 0.177. The first kappa shape index (κ1) is 30.3. The fourth-order valence-electron chi connectivity index (χ4n) is 3.08. The monoisotopic (exact) mass is 565 g/mol. The largest absolute Gasteiger partial charge is 0.507 e. The van der Waals surface area contributed by atoms with Crippen molar-refractivity contribution in [2.75, 3.05) is 31.6 Å². The molecule has 38 heavy (non-hydrogen) atoms. The van der Waals surface area contributed by atoms with Crippen LogP contribution < -0.4 is 20.1 Å². The maximum atomic E-state index is 12.6. The third kappa shape index (κ3) is 8.87. The molecule has 0 aliphatic carbocycles. The number of benzene rings is 2. The SMILES string of the molecule is CCOC(=O)[C@H](CNC(=O)c1ccc(OCCNc2ncccn2)cc1O)NS(=O)(=O)c1ccccc1.Cl. The van der Waals surface area contributed by atoms with Crippen LogP contribution >= 0.6 is 12.4 Å². The van der Waals surface area contributed by atoms with Gasteiger partial charge in [-0.15, -0.1) is 12.4 Å². The summed E-state index contributed by atoms with van der Waals surface area (Å²) in [6.07, 6.45) is 3.20. The molecule has 0 bridgehead atoms. The van der Waals surface area contributed by atoms with Crippen molar-refractivity contribution in [3.63, 3.8) is 0 Å². The van der Waals surface area contributed by atoms with Crippen molar-refractivity contribution in [3.8, 4) is 11.5 Å². The molecule has 0 fully saturated rings. The topological polar surface area (TPSA) is 169 Å². The molecular weight excluding hydrogens is 538 g/mol. The van der Waals surface area contributed by atoms with Crippen molar-refractivity contribution < 1.29 is 32.6 Å². The summed E-state index contributed by atoms with van der Waals surface area (Å²) in [7, 11) is -4.06. The van der Waals surface area contributed by atoms with E-state index in [1.165, 1.54) is 30.3 Å². The second-order valence-corrected chi connectivity index (χ2v) is 9.19. The zero-order chi connectivity index (χ0) is 26.7. The highest BCUT2D eigenvalue weighted by Gasteiger charge is 2.27. The lowest BCUT2D eigenvalue weighted by atomic mass is 10.1. The Morgan fingerprint density at radius 2 is 1.76 bits per heavy atom. The van der Waals surface area contributed by atoms with E-state index in [9.17, 15) is 23.1 Å². The Hall–Kier alpha value is -3.94. The first-order chi connectivity index (χ1) is 17.8. The molecule has 1 aromatic heterocycles. The highest BCUT2D eigenvalue weighted by Crippen LogP contribution is 2.23. The fraction of sp³-hybridized carbons (Fsp3) is 0.250. The summed E-state index contributed by atoms with van der Waals surface area (Å²) in [5.74, 6) is -1.16. The summed E-state index contributed by atoms with van der Waals surface area (Å²) in [4.78, 5) is 33.0. The van der Waals surface area contributed by atoms with E-state index in [2.05, 4.69) is 25.3 Å². The fourth-order valence-corrected chi connectivity index (χ4v) is 4.28. The number of ether oxygens (including phenoxy) is 2. The van der Waals surface area contributed by atoms with E-state index in [1.54, 1.807) is 43.6 Å². The number of sulfonamides is 1. The van der Waals surface area contributed by atoms with E-state index in [-0.39, 0.29) is 41.8 Å². The number of rotatable bonds is 13. The maximum Gasteiger partial charge on any atom is 0.326 e. The number of nitrogens with zero attached hydrogens (tertiary/aromatic N) is 2. The van der Waals surface area contributed by atoms with Crippen LogP contribution in [-0.4, -0.2) is 67.7 Å². The van der Waals surface area contributed by atoms with Gasteiger partial charge in [0.25, 0.3) is 5.91 Å². The summed E-state index contributed by atoms with van der Waals surface area (Å²) in [5.41, 5.74) is -0.0864. The number of nitrogens with one attached hydrogen (secondary N) is 3. The summed E-state index contributed by atoms with van der Waals surface area (Å²) < 4.78 is 38.0. The normalized spacial score (nSPS) is 11.5. The van der Waals surface area contributed by atoms with Crippen LogP contribution in [0.25, 0.3) is 0 Å². The van der Waals surface area contributed by atoms with Crippen LogP contribution in [0.2, 0.25) is 0 Å². The Bertz CT molecular complexity index is 1300. The standard InChI is InChI=1S/C24H27N5O7S.ClH/c1-2-35-23(32)20(29-37(33,34)18-7-4-3-5-8-18)16-28-22(31)19-10-9-17(15-21(19)30)36-14-13-27-24-25-11-6-12-26-24;/h3-12,15,20,29-30H,2,13-14,16H2,1H3,(H,28,31)(H,25,26,27);1H/t20-;/m0./s1. The third-order valence-electron chi connectivity index (χ3n) is 4.82. The number of phenolic OH excluding ortho intramolecular Hbond substituents is 1. The molecule has 0 aliphatic heterocycles. The molecule has 12 nitrogen and oxygen atoms in total. The lowest BCUT2D eigenvalue weighted by Crippen LogP contribution is -2.49. The van der Waals surface area contributed by atoms with Crippen LogP contribution in [0, 0.1) is 0 Å². The zero-order valence-corrected chi connectivity index (χ0v) is 22.0. The van der Waals surface area contributed by atoms with E-state index < -0.39 is 34.5 Å². The van der Waals surface area contributed by atoms with E-state index in [0.29, 0.717) is 18.2 Å². The number of hydrogen-bond donors (Lipinski definition) is 4. The molecule has 1 heterocycles. The van der Waals surface area contributed by atoms with Crippen LogP contribution in [0.1, 0.15) is 17.3 Å². The predicted octanol–water partition coefficient (Wildman–Crippen LogP) is 1.73. The van der Waals surface area contributed by atoms with Crippen molar-refractivity contribution in [1.29, 1.82) is 0 Å². The molecule has 0 spiro atoms. The molecule has 0 unspecified atom stereocenters. The number of halogens is 1. The second-order valence-electron chi connectivity index (χ2n) is 7.48. The minimum Gasteiger partial charge on any atom is -0.507 e. The van der Waals surface area contributed by atoms with Gasteiger partial charge in [-0.25, -0.2) is 18.4 Å². The zero-order valence-electron chi connectivity index (χ0n) is 20.4. The van der Waals surface area contributed by atoms with Crippen molar-refractivity contribution in [2.24, 2.45) is 0 Å². The van der Waals surface area contributed by atoms with Gasteiger partial charge >= 0.3 is 5.97 Å². The number of anilines is 1. The molecule has 4 N–H and O–H groups in total. The Morgan fingerprint density at radius 3 is 2.42 bits per heavy atom. The number of aromatic nitrogens is 2. The number of carbonyl (C=O) groups excluding carboxylic acids is 2. The van der Waals surface area contributed by atoms with E-state index in [1.807, 2.05) is 0 Å². The van der Waals surface area contributed by atoms with Gasteiger partial charge in [-0.2, -0.15) is 4.72 Å². The second kappa shape index (κ2) is 14.7. The van der Waals surface area contributed by atoms with Crippen molar-refractivity contribution in [1.82, 2.24) is 20.0 Å². The van der Waals surface area contributed by atoms with Crippen LogP contribution in [-0.2, 0) is 19.6 Å². The van der Waals surface area contributed by atoms with E-state index in [0.717, 1.165) is 0 Å². The van der Waals surface area contributed by atoms with Gasteiger partial charge in [-0.05, 0) is 37.3 Å². The number of hydrogen-bond acceptors (Lipinski definition) is 10. The Balaban J connectivity index is 0.00000507. The van der Waals surface area contributed by atoms with Gasteiger partial charge < -0.3 is 25.2 Å². The molecule has 0 aliphatic rings. The van der Waals surface area contributed by atoms with E-state index >= 15 is 0 Å². The van der Waals surface area contributed by atoms with E-state index in [4.69, 9.17) is 9.47 Å². The number of aromatic hydroxyl groups is 1. The van der Waals surface area contributed by atoms with Gasteiger partial charge in [0.2, 0.25) is 16.0 Å². The number of esters is 1. The van der Waals surface area contributed by atoms with Gasteiger partial charge in [0.05, 0.1) is 23.6 Å². The molecule has 1 atom stereocenters. The lowest BCUT2D eigenvalue weighted by molar-refractivity contribution is -0.144. The molecule has 1 amide bonds. The summed E-state index contributed by atoms with van der Waals surface area (Å²) in [6, 6.07) is 11.9. The van der Waals surface area contributed by atoms with Crippen LogP contribution in [0.5, 0.6) is 11.5 Å². The average molecular weight is 566 g/mol. The number of phenols is 1. The minimum atomic E-state index is -4.06. The molecule has 0 radical (unpaired) electrons. The number of amides is 1. The third-order valence-corrected chi connectivity index (χ3v) is 6.31. The first-order valence-corrected chi connectivity index (χ1v) is 12.8. The molecule has 14 heteroatoms. The van der Waals surface area contributed by atoms with Crippen molar-refractivity contribution in [3.05, 3.63) is 72.6 Å². The maximum absolute atomic E-state index is 12.6. The predicted molar refractivity (Wildman–Crippen MR) is 141 cm³/mol. The molecule has 0 saturated carbocycles. The van der Waals surface area contributed by atoms with Crippen LogP contribution in [0.3, 0.4) is 0 Å². The molecular formula is C24H28ClN5O7S. The van der Waals surface area contributed by atoms with Gasteiger partial charge in [0.1, 0.15) is 24.1 Å². The van der Waals surface area contributed by atoms with Gasteiger partial charge in [0, 0.05) is 25.0 Å². The highest BCUT2D eigenvalue weighted by atomic mass is 35.5. The molecule has 3 rings (SSSR count). The lowest BCUT2D eigenvalue weighted by Gasteiger charge is -2.18. The minimum absolute atomic E-state index is 0. The van der Waals surface area contributed by atoms with Crippen molar-refractivity contribution >= 4 is 40.3 Å². The van der Waals surface area contributed by atoms with Gasteiger partial charge in [-0.1, -0.05) is 18.2 Å². The Kier molecular flexibility index (Phi) is 11.7. The highest BCUT2D eigenvalue weighted by molar-refractivity contribution is 7.89. The van der Waals surface area contributed by atoms with Crippen LogP contribution in [0.15, 0.2) is 71.9 Å². The first-order valence-electron chi connectivity index (χ1n) is 11.3. The molecule has 2 aromatic carbocycles. The van der Waals surface area contributed by atoms with Gasteiger partial charge in [0.15, 0.2) is 0 Å². The van der Waals surface area contributed by atoms with Gasteiger partial charge in [-0.3, -0.25) is 9.59 Å². The molecule has 0 saturated heterocycles.